The Labute approximate surface area is 64.0 Å². The molecule has 1 aliphatic heterocycles. The molecule has 1 saturated heterocycles. The summed E-state index contributed by atoms with van der Waals surface area (Å²) in [5.41, 5.74) is 0.713. The highest BCUT2D eigenvalue weighted by molar-refractivity contribution is 5.95. The fourth-order valence-electron chi connectivity index (χ4n) is 1.52. The Hall–Kier alpha value is -1.12. The molecule has 58 valence electrons. The van der Waals surface area contributed by atoms with Crippen molar-refractivity contribution in [2.75, 3.05) is 6.61 Å². The van der Waals surface area contributed by atoms with Crippen molar-refractivity contribution < 1.29 is 14.3 Å². The van der Waals surface area contributed by atoms with Crippen LogP contribution in [0.4, 0.5) is 0 Å². The van der Waals surface area contributed by atoms with E-state index in [4.69, 9.17) is 4.74 Å². The van der Waals surface area contributed by atoms with Crippen molar-refractivity contribution in [1.29, 1.82) is 0 Å². The van der Waals surface area contributed by atoms with Crippen LogP contribution in [-0.4, -0.2) is 18.4 Å². The average Bonchev–Trinajstić information content (AvgIpc) is 2.32. The highest BCUT2D eigenvalue weighted by atomic mass is 16.5. The van der Waals surface area contributed by atoms with Gasteiger partial charge >= 0.3 is 5.97 Å². The second-order valence-corrected chi connectivity index (χ2v) is 2.90. The summed E-state index contributed by atoms with van der Waals surface area (Å²) >= 11 is 0. The van der Waals surface area contributed by atoms with Crippen LogP contribution in [-0.2, 0) is 14.3 Å². The van der Waals surface area contributed by atoms with Gasteiger partial charge in [-0.3, -0.25) is 4.79 Å². The fourth-order valence-corrected chi connectivity index (χ4v) is 1.52. The number of rotatable bonds is 0. The van der Waals surface area contributed by atoms with Crippen molar-refractivity contribution >= 4 is 11.8 Å². The van der Waals surface area contributed by atoms with Crippen LogP contribution in [0, 0.1) is 5.92 Å². The zero-order valence-corrected chi connectivity index (χ0v) is 6.00. The van der Waals surface area contributed by atoms with Gasteiger partial charge in [-0.25, -0.2) is 4.79 Å². The summed E-state index contributed by atoms with van der Waals surface area (Å²) in [6.45, 7) is 0.399. The van der Waals surface area contributed by atoms with E-state index in [1.165, 1.54) is 0 Å². The number of esters is 1. The first kappa shape index (κ1) is 6.58. The summed E-state index contributed by atoms with van der Waals surface area (Å²) < 4.78 is 4.79. The molecule has 0 unspecified atom stereocenters. The SMILES string of the molecule is O=C1CC=C2C(=O)OC[C@@H]2C1. The van der Waals surface area contributed by atoms with E-state index in [1.54, 1.807) is 6.08 Å². The number of cyclic esters (lactones) is 1. The molecule has 3 nitrogen and oxygen atoms in total. The summed E-state index contributed by atoms with van der Waals surface area (Å²) in [5.74, 6) is 0.0308. The quantitative estimate of drug-likeness (QED) is 0.473. The van der Waals surface area contributed by atoms with E-state index in [-0.39, 0.29) is 17.7 Å². The third-order valence-electron chi connectivity index (χ3n) is 2.11. The molecule has 0 saturated carbocycles. The van der Waals surface area contributed by atoms with Crippen molar-refractivity contribution in [1.82, 2.24) is 0 Å². The minimum absolute atomic E-state index is 0.0590. The lowest BCUT2D eigenvalue weighted by atomic mass is 9.89. The number of ketones is 1. The molecule has 0 bridgehead atoms. The van der Waals surface area contributed by atoms with E-state index in [2.05, 4.69) is 0 Å². The van der Waals surface area contributed by atoms with Crippen LogP contribution >= 0.6 is 0 Å². The molecule has 1 atom stereocenters. The molecule has 0 radical (unpaired) electrons. The third kappa shape index (κ3) is 0.964. The molecule has 0 aromatic heterocycles. The Morgan fingerprint density at radius 3 is 3.09 bits per heavy atom. The molecule has 3 heteroatoms. The van der Waals surface area contributed by atoms with Crippen LogP contribution < -0.4 is 0 Å². The van der Waals surface area contributed by atoms with E-state index in [0.717, 1.165) is 0 Å². The predicted octanol–water partition coefficient (Wildman–Crippen LogP) is 0.449. The maximum Gasteiger partial charge on any atom is 0.334 e. The summed E-state index contributed by atoms with van der Waals surface area (Å²) in [6, 6.07) is 0. The van der Waals surface area contributed by atoms with Crippen molar-refractivity contribution in [3.05, 3.63) is 11.6 Å². The van der Waals surface area contributed by atoms with E-state index < -0.39 is 0 Å². The second kappa shape index (κ2) is 2.19. The van der Waals surface area contributed by atoms with Gasteiger partial charge in [-0.1, -0.05) is 6.08 Å². The van der Waals surface area contributed by atoms with Gasteiger partial charge in [0.25, 0.3) is 0 Å². The summed E-state index contributed by atoms with van der Waals surface area (Å²) in [4.78, 5) is 21.8. The predicted molar refractivity (Wildman–Crippen MR) is 36.8 cm³/mol. The van der Waals surface area contributed by atoms with Crippen molar-refractivity contribution in [3.8, 4) is 0 Å². The van der Waals surface area contributed by atoms with Gasteiger partial charge in [0, 0.05) is 24.3 Å². The van der Waals surface area contributed by atoms with Crippen LogP contribution in [0.25, 0.3) is 0 Å². The van der Waals surface area contributed by atoms with E-state index >= 15 is 0 Å². The third-order valence-corrected chi connectivity index (χ3v) is 2.11. The highest BCUT2D eigenvalue weighted by Crippen LogP contribution is 2.28. The Kier molecular flexibility index (Phi) is 1.31. The number of hydrogen-bond acceptors (Lipinski definition) is 3. The molecular weight excluding hydrogens is 144 g/mol. The molecule has 0 aromatic carbocycles. The number of hydrogen-bond donors (Lipinski definition) is 0. The van der Waals surface area contributed by atoms with Gasteiger partial charge in [0.1, 0.15) is 5.78 Å². The summed E-state index contributed by atoms with van der Waals surface area (Å²) in [7, 11) is 0. The molecule has 1 heterocycles. The number of carbonyl (C=O) groups is 2. The first-order valence-corrected chi connectivity index (χ1v) is 3.66. The van der Waals surface area contributed by atoms with Crippen LogP contribution in [0.5, 0.6) is 0 Å². The molecule has 0 amide bonds. The number of allylic oxidation sites excluding steroid dienone is 1. The fraction of sp³-hybridized carbons (Fsp3) is 0.500. The zero-order chi connectivity index (χ0) is 7.84. The first-order chi connectivity index (χ1) is 5.27. The Bertz CT molecular complexity index is 252. The molecule has 0 N–H and O–H groups in total. The van der Waals surface area contributed by atoms with Crippen molar-refractivity contribution in [2.45, 2.75) is 12.8 Å². The maximum absolute atomic E-state index is 10.9. The van der Waals surface area contributed by atoms with Crippen LogP contribution in [0.1, 0.15) is 12.8 Å². The molecular formula is C8H8O3. The van der Waals surface area contributed by atoms with Gasteiger partial charge in [0.05, 0.1) is 6.61 Å². The van der Waals surface area contributed by atoms with Gasteiger partial charge in [-0.05, 0) is 0 Å². The van der Waals surface area contributed by atoms with Crippen LogP contribution in [0.3, 0.4) is 0 Å². The smallest absolute Gasteiger partial charge is 0.334 e. The monoisotopic (exact) mass is 152 g/mol. The first-order valence-electron chi connectivity index (χ1n) is 3.66. The normalized spacial score (nSPS) is 29.5. The number of ether oxygens (including phenoxy) is 1. The number of Topliss-reactive ketones (excluding diaryl/α,β-unsaturated/α-hetero) is 1. The highest BCUT2D eigenvalue weighted by Gasteiger charge is 2.34. The minimum Gasteiger partial charge on any atom is -0.462 e. The van der Waals surface area contributed by atoms with Gasteiger partial charge in [0.2, 0.25) is 0 Å². The molecule has 0 spiro atoms. The Morgan fingerprint density at radius 2 is 2.27 bits per heavy atom. The van der Waals surface area contributed by atoms with Crippen LogP contribution in [0.15, 0.2) is 11.6 Å². The van der Waals surface area contributed by atoms with Gasteiger partial charge in [-0.2, -0.15) is 0 Å². The van der Waals surface area contributed by atoms with Crippen molar-refractivity contribution in [3.63, 3.8) is 0 Å². The second-order valence-electron chi connectivity index (χ2n) is 2.90. The molecule has 0 aromatic rings. The molecule has 1 fully saturated rings. The van der Waals surface area contributed by atoms with E-state index in [9.17, 15) is 9.59 Å². The average molecular weight is 152 g/mol. The Morgan fingerprint density at radius 1 is 1.45 bits per heavy atom. The number of carbonyl (C=O) groups excluding carboxylic acids is 2. The number of fused-ring (bicyclic) bond motifs is 1. The minimum atomic E-state index is -0.234. The Balaban J connectivity index is 2.29. The van der Waals surface area contributed by atoms with Gasteiger partial charge < -0.3 is 4.74 Å². The van der Waals surface area contributed by atoms with E-state index in [1.807, 2.05) is 0 Å². The summed E-state index contributed by atoms with van der Waals surface area (Å²) in [6.07, 6.45) is 2.59. The van der Waals surface area contributed by atoms with Gasteiger partial charge in [-0.15, -0.1) is 0 Å². The molecule has 1 aliphatic carbocycles. The van der Waals surface area contributed by atoms with E-state index in [0.29, 0.717) is 25.0 Å². The lowest BCUT2D eigenvalue weighted by Crippen LogP contribution is -2.15. The molecule has 2 aliphatic rings. The molecule has 2 rings (SSSR count). The standard InChI is InChI=1S/C8H8O3/c9-6-1-2-7-5(3-6)4-11-8(7)10/h2,5H,1,3-4H2/t5-/m0/s1. The van der Waals surface area contributed by atoms with Crippen molar-refractivity contribution in [2.24, 2.45) is 5.92 Å². The van der Waals surface area contributed by atoms with Gasteiger partial charge in [0.15, 0.2) is 0 Å². The lowest BCUT2D eigenvalue weighted by Gasteiger charge is -2.10. The topological polar surface area (TPSA) is 43.4 Å². The van der Waals surface area contributed by atoms with Crippen LogP contribution in [0.2, 0.25) is 0 Å². The lowest BCUT2D eigenvalue weighted by molar-refractivity contribution is -0.135. The summed E-state index contributed by atoms with van der Waals surface area (Å²) in [5, 5.41) is 0. The zero-order valence-electron chi connectivity index (χ0n) is 6.00. The largest absolute Gasteiger partial charge is 0.462 e. The maximum atomic E-state index is 10.9. The molecule has 11 heavy (non-hydrogen) atoms.